The van der Waals surface area contributed by atoms with Gasteiger partial charge in [0.2, 0.25) is 10.0 Å². The quantitative estimate of drug-likeness (QED) is 0.478. The van der Waals surface area contributed by atoms with Gasteiger partial charge in [0.25, 0.3) is 0 Å². The van der Waals surface area contributed by atoms with Gasteiger partial charge in [-0.25, -0.2) is 19.0 Å². The van der Waals surface area contributed by atoms with Crippen LogP contribution in [-0.2, 0) is 10.0 Å². The third-order valence-electron chi connectivity index (χ3n) is 3.25. The minimum atomic E-state index is -3.54. The molecule has 0 aliphatic heterocycles. The number of allylic oxidation sites excluding steroid dienone is 1. The van der Waals surface area contributed by atoms with Crippen LogP contribution >= 0.6 is 0 Å². The smallest absolute Gasteiger partial charge is 0.240 e. The summed E-state index contributed by atoms with van der Waals surface area (Å²) < 4.78 is 27.0. The van der Waals surface area contributed by atoms with Crippen molar-refractivity contribution in [2.24, 2.45) is 5.84 Å². The van der Waals surface area contributed by atoms with Crippen LogP contribution in [0.1, 0.15) is 18.1 Å². The van der Waals surface area contributed by atoms with Crippen LogP contribution < -0.4 is 10.6 Å². The Morgan fingerprint density at radius 3 is 2.52 bits per heavy atom. The maximum Gasteiger partial charge on any atom is 0.240 e. The van der Waals surface area contributed by atoms with E-state index in [2.05, 4.69) is 11.3 Å². The average molecular weight is 309 g/mol. The van der Waals surface area contributed by atoms with Crippen LogP contribution in [0.15, 0.2) is 47.0 Å². The number of nitrogens with zero attached hydrogens (tertiary/aromatic N) is 1. The number of sulfonamides is 1. The van der Waals surface area contributed by atoms with Gasteiger partial charge in [-0.3, -0.25) is 0 Å². The number of hydrogen-bond acceptors (Lipinski definition) is 4. The van der Waals surface area contributed by atoms with E-state index in [0.717, 1.165) is 16.8 Å². The second kappa shape index (κ2) is 6.89. The Balaban J connectivity index is 2.80. The summed E-state index contributed by atoms with van der Waals surface area (Å²) >= 11 is 0. The van der Waals surface area contributed by atoms with Crippen LogP contribution in [0.2, 0.25) is 0 Å². The monoisotopic (exact) mass is 309 g/mol. The highest BCUT2D eigenvalue weighted by Gasteiger charge is 2.14. The van der Waals surface area contributed by atoms with Gasteiger partial charge in [0.05, 0.1) is 4.90 Å². The van der Waals surface area contributed by atoms with E-state index < -0.39 is 10.0 Å². The summed E-state index contributed by atoms with van der Waals surface area (Å²) in [6.07, 6.45) is 1.74. The molecule has 0 saturated carbocycles. The Morgan fingerprint density at radius 2 is 2.00 bits per heavy atom. The lowest BCUT2D eigenvalue weighted by atomic mass is 10.1. The fourth-order valence-corrected chi connectivity index (χ4v) is 2.72. The third kappa shape index (κ3) is 5.00. The molecule has 0 bridgehead atoms. The van der Waals surface area contributed by atoms with Crippen molar-refractivity contribution in [2.45, 2.75) is 25.7 Å². The van der Waals surface area contributed by atoms with Crippen LogP contribution in [0.4, 0.5) is 0 Å². The summed E-state index contributed by atoms with van der Waals surface area (Å²) in [7, 11) is -1.83. The molecule has 0 unspecified atom stereocenters. The Morgan fingerprint density at radius 1 is 1.38 bits per heavy atom. The Bertz CT molecular complexity index is 661. The minimum absolute atomic E-state index is 0.139. The maximum absolute atomic E-state index is 12.2. The van der Waals surface area contributed by atoms with E-state index in [1.165, 1.54) is 5.01 Å². The zero-order chi connectivity index (χ0) is 16.2. The number of rotatable bonds is 6. The Labute approximate surface area is 127 Å². The second-order valence-electron chi connectivity index (χ2n) is 5.13. The fraction of sp³-hybridized carbons (Fsp3) is 0.333. The van der Waals surface area contributed by atoms with Gasteiger partial charge in [-0.05, 0) is 55.7 Å². The van der Waals surface area contributed by atoms with Crippen molar-refractivity contribution in [2.75, 3.05) is 13.6 Å². The molecule has 1 aromatic carbocycles. The molecule has 3 N–H and O–H groups in total. The molecule has 6 heteroatoms. The molecule has 21 heavy (non-hydrogen) atoms. The van der Waals surface area contributed by atoms with Gasteiger partial charge in [-0.15, -0.1) is 0 Å². The van der Waals surface area contributed by atoms with E-state index in [0.29, 0.717) is 5.57 Å². The highest BCUT2D eigenvalue weighted by atomic mass is 32.2. The molecule has 0 aromatic heterocycles. The number of nitrogens with one attached hydrogen (secondary N) is 1. The minimum Gasteiger partial charge on any atom is -0.318 e. The van der Waals surface area contributed by atoms with E-state index in [1.807, 2.05) is 20.8 Å². The van der Waals surface area contributed by atoms with E-state index in [-0.39, 0.29) is 11.4 Å². The van der Waals surface area contributed by atoms with E-state index in [4.69, 9.17) is 5.84 Å². The van der Waals surface area contributed by atoms with Crippen LogP contribution in [0.3, 0.4) is 0 Å². The molecule has 0 heterocycles. The molecular weight excluding hydrogens is 286 g/mol. The molecule has 1 aromatic rings. The van der Waals surface area contributed by atoms with Gasteiger partial charge in [0, 0.05) is 19.3 Å². The number of hydrazine groups is 1. The largest absolute Gasteiger partial charge is 0.318 e. The maximum atomic E-state index is 12.2. The zero-order valence-corrected chi connectivity index (χ0v) is 13.8. The third-order valence-corrected chi connectivity index (χ3v) is 4.65. The molecular formula is C15H23N3O2S. The molecule has 0 radical (unpaired) electrons. The molecule has 5 nitrogen and oxygen atoms in total. The lowest BCUT2D eigenvalue weighted by molar-refractivity contribution is 0.441. The number of aryl methyl sites for hydroxylation is 2. The van der Waals surface area contributed by atoms with E-state index >= 15 is 0 Å². The first-order chi connectivity index (χ1) is 9.63. The van der Waals surface area contributed by atoms with Crippen molar-refractivity contribution < 1.29 is 8.42 Å². The molecule has 0 amide bonds. The predicted molar refractivity (Wildman–Crippen MR) is 86.0 cm³/mol. The average Bonchev–Trinajstić information content (AvgIpc) is 2.39. The summed E-state index contributed by atoms with van der Waals surface area (Å²) in [4.78, 5) is 0.259. The van der Waals surface area contributed by atoms with Crippen molar-refractivity contribution in [3.05, 3.63) is 53.3 Å². The molecule has 0 aliphatic rings. The van der Waals surface area contributed by atoms with Crippen LogP contribution in [-0.4, -0.2) is 27.0 Å². The van der Waals surface area contributed by atoms with Crippen molar-refractivity contribution >= 4 is 10.0 Å². The molecule has 116 valence electrons. The first kappa shape index (κ1) is 17.4. The second-order valence-corrected chi connectivity index (χ2v) is 6.89. The van der Waals surface area contributed by atoms with Gasteiger partial charge in [0.15, 0.2) is 0 Å². The van der Waals surface area contributed by atoms with Crippen LogP contribution in [0.5, 0.6) is 0 Å². The number of nitrogens with two attached hydrogens (primary N) is 1. The lowest BCUT2D eigenvalue weighted by Crippen LogP contribution is -2.27. The SMILES string of the molecule is C=C(/C=C(/C)N(C)N)CNS(=O)(=O)c1ccc(C)c(C)c1. The number of hydrogen-bond donors (Lipinski definition) is 2. The molecule has 0 fully saturated rings. The van der Waals surface area contributed by atoms with E-state index in [9.17, 15) is 8.42 Å². The lowest BCUT2D eigenvalue weighted by Gasteiger charge is -2.13. The highest BCUT2D eigenvalue weighted by Crippen LogP contribution is 2.14. The van der Waals surface area contributed by atoms with Gasteiger partial charge >= 0.3 is 0 Å². The summed E-state index contributed by atoms with van der Waals surface area (Å²) in [6, 6.07) is 5.06. The Hall–Kier alpha value is -1.63. The number of benzene rings is 1. The zero-order valence-electron chi connectivity index (χ0n) is 13.0. The van der Waals surface area contributed by atoms with Gasteiger partial charge in [0.1, 0.15) is 0 Å². The van der Waals surface area contributed by atoms with Crippen molar-refractivity contribution in [1.82, 2.24) is 9.73 Å². The van der Waals surface area contributed by atoms with Crippen molar-refractivity contribution in [1.29, 1.82) is 0 Å². The molecule has 0 atom stereocenters. The predicted octanol–water partition coefficient (Wildman–Crippen LogP) is 1.85. The summed E-state index contributed by atoms with van der Waals surface area (Å²) in [5, 5.41) is 1.45. The summed E-state index contributed by atoms with van der Waals surface area (Å²) in [5.41, 5.74) is 3.43. The summed E-state index contributed by atoms with van der Waals surface area (Å²) in [6.45, 7) is 9.61. The van der Waals surface area contributed by atoms with Crippen LogP contribution in [0.25, 0.3) is 0 Å². The summed E-state index contributed by atoms with van der Waals surface area (Å²) in [5.74, 6) is 5.57. The molecule has 0 spiro atoms. The highest BCUT2D eigenvalue weighted by molar-refractivity contribution is 7.89. The van der Waals surface area contributed by atoms with Gasteiger partial charge in [-0.2, -0.15) is 0 Å². The molecule has 0 aliphatic carbocycles. The fourth-order valence-electron chi connectivity index (χ4n) is 1.60. The first-order valence-corrected chi connectivity index (χ1v) is 8.03. The van der Waals surface area contributed by atoms with E-state index in [1.54, 1.807) is 31.3 Å². The topological polar surface area (TPSA) is 75.4 Å². The molecule has 1 rings (SSSR count). The Kier molecular flexibility index (Phi) is 5.71. The van der Waals surface area contributed by atoms with Crippen molar-refractivity contribution in [3.63, 3.8) is 0 Å². The normalized spacial score (nSPS) is 12.3. The van der Waals surface area contributed by atoms with Crippen LogP contribution in [0, 0.1) is 13.8 Å². The first-order valence-electron chi connectivity index (χ1n) is 6.55. The molecule has 0 saturated heterocycles. The van der Waals surface area contributed by atoms with Gasteiger partial charge < -0.3 is 5.01 Å². The standard InChI is InChI=1S/C15H23N3O2S/c1-11(8-14(4)18(5)16)10-17-21(19,20)15-7-6-12(2)13(3)9-15/h6-9,17H,1,10,16H2,2-5H3/b14-8-. The van der Waals surface area contributed by atoms with Gasteiger partial charge in [-0.1, -0.05) is 12.6 Å². The van der Waals surface area contributed by atoms with Crippen molar-refractivity contribution in [3.8, 4) is 0 Å².